The van der Waals surface area contributed by atoms with Crippen LogP contribution in [0.1, 0.15) is 21.5 Å². The second kappa shape index (κ2) is 9.93. The first-order chi connectivity index (χ1) is 16.4. The van der Waals surface area contributed by atoms with Crippen molar-refractivity contribution < 1.29 is 14.3 Å². The molecule has 172 valence electrons. The Kier molecular flexibility index (Phi) is 6.79. The first-order valence-corrected chi connectivity index (χ1v) is 11.6. The number of para-hydroxylation sites is 2. The van der Waals surface area contributed by atoms with E-state index in [9.17, 15) is 14.4 Å². The average Bonchev–Trinajstić information content (AvgIpc) is 2.85. The number of ether oxygens (including phenoxy) is 1. The topological polar surface area (TPSA) is 90.3 Å². The molecule has 0 radical (unpaired) electrons. The maximum absolute atomic E-state index is 13.5. The minimum atomic E-state index is -0.538. The van der Waals surface area contributed by atoms with Gasteiger partial charge < -0.3 is 10.1 Å². The fraction of sp³-hybridized carbons (Fsp3) is 0.154. The van der Waals surface area contributed by atoms with Crippen LogP contribution in [0.25, 0.3) is 16.6 Å². The molecule has 0 saturated carbocycles. The van der Waals surface area contributed by atoms with Gasteiger partial charge in [-0.1, -0.05) is 48.2 Å². The van der Waals surface area contributed by atoms with Crippen LogP contribution in [-0.2, 0) is 9.53 Å². The van der Waals surface area contributed by atoms with Crippen molar-refractivity contribution in [2.45, 2.75) is 19.0 Å². The maximum atomic E-state index is 13.5. The van der Waals surface area contributed by atoms with E-state index in [-0.39, 0.29) is 22.8 Å². The van der Waals surface area contributed by atoms with E-state index >= 15 is 0 Å². The van der Waals surface area contributed by atoms with Gasteiger partial charge in [0.05, 0.1) is 40.7 Å². The molecule has 7 nitrogen and oxygen atoms in total. The van der Waals surface area contributed by atoms with Crippen molar-refractivity contribution in [3.8, 4) is 5.69 Å². The molecule has 0 spiro atoms. The number of fused-ring (bicyclic) bond motifs is 1. The lowest BCUT2D eigenvalue weighted by Gasteiger charge is -2.16. The van der Waals surface area contributed by atoms with Gasteiger partial charge in [0.25, 0.3) is 5.56 Å². The molecule has 0 saturated heterocycles. The molecule has 1 amide bonds. The Morgan fingerprint density at radius 3 is 2.53 bits per heavy atom. The zero-order chi connectivity index (χ0) is 24.2. The number of esters is 1. The smallest absolute Gasteiger partial charge is 0.339 e. The van der Waals surface area contributed by atoms with Gasteiger partial charge in [0, 0.05) is 0 Å². The number of nitrogens with one attached hydrogen (secondary N) is 1. The highest BCUT2D eigenvalue weighted by atomic mass is 32.2. The Bertz CT molecular complexity index is 1460. The van der Waals surface area contributed by atoms with Gasteiger partial charge in [0.15, 0.2) is 5.16 Å². The Morgan fingerprint density at radius 2 is 1.74 bits per heavy atom. The van der Waals surface area contributed by atoms with Crippen molar-refractivity contribution in [3.05, 3.63) is 93.8 Å². The summed E-state index contributed by atoms with van der Waals surface area (Å²) in [5.74, 6) is -0.884. The number of nitrogens with zero attached hydrogens (tertiary/aromatic N) is 2. The maximum Gasteiger partial charge on any atom is 0.339 e. The second-order valence-corrected chi connectivity index (χ2v) is 8.59. The van der Waals surface area contributed by atoms with Crippen molar-refractivity contribution in [1.82, 2.24) is 9.55 Å². The van der Waals surface area contributed by atoms with Gasteiger partial charge in [-0.3, -0.25) is 14.2 Å². The normalized spacial score (nSPS) is 10.8. The molecule has 0 aliphatic carbocycles. The molecule has 3 aromatic carbocycles. The van der Waals surface area contributed by atoms with Crippen LogP contribution >= 0.6 is 11.8 Å². The van der Waals surface area contributed by atoms with Crippen LogP contribution in [-0.4, -0.2) is 34.3 Å². The number of hydrogen-bond acceptors (Lipinski definition) is 6. The van der Waals surface area contributed by atoms with Gasteiger partial charge in [-0.15, -0.1) is 0 Å². The predicted molar refractivity (Wildman–Crippen MR) is 134 cm³/mol. The lowest BCUT2D eigenvalue weighted by molar-refractivity contribution is -0.113. The Balaban J connectivity index is 1.69. The summed E-state index contributed by atoms with van der Waals surface area (Å²) < 4.78 is 6.34. The molecular formula is C26H23N3O4S. The Labute approximate surface area is 200 Å². The standard InChI is InChI=1S/C26H23N3O4S/c1-16-9-8-14-22(17(16)2)29-24(31)18-10-4-6-12-20(18)28-26(29)34-15-23(30)27-21-13-7-5-11-19(21)25(32)33-3/h4-14H,15H2,1-3H3,(H,27,30). The zero-order valence-corrected chi connectivity index (χ0v) is 19.8. The number of hydrogen-bond donors (Lipinski definition) is 1. The molecule has 8 heteroatoms. The number of amides is 1. The number of thioether (sulfide) groups is 1. The summed E-state index contributed by atoms with van der Waals surface area (Å²) in [4.78, 5) is 42.9. The molecule has 0 fully saturated rings. The van der Waals surface area contributed by atoms with Gasteiger partial charge in [0.2, 0.25) is 5.91 Å². The number of aromatic nitrogens is 2. The van der Waals surface area contributed by atoms with Crippen LogP contribution < -0.4 is 10.9 Å². The van der Waals surface area contributed by atoms with Crippen molar-refractivity contribution in [1.29, 1.82) is 0 Å². The van der Waals surface area contributed by atoms with E-state index in [4.69, 9.17) is 9.72 Å². The van der Waals surface area contributed by atoms with E-state index in [1.807, 2.05) is 38.1 Å². The molecule has 1 aromatic heterocycles. The fourth-order valence-electron chi connectivity index (χ4n) is 3.60. The van der Waals surface area contributed by atoms with Crippen LogP contribution in [0.15, 0.2) is 76.7 Å². The highest BCUT2D eigenvalue weighted by Gasteiger charge is 2.18. The van der Waals surface area contributed by atoms with Crippen LogP contribution in [0.2, 0.25) is 0 Å². The minimum absolute atomic E-state index is 0.00878. The highest BCUT2D eigenvalue weighted by Crippen LogP contribution is 2.25. The van der Waals surface area contributed by atoms with Crippen molar-refractivity contribution in [2.24, 2.45) is 0 Å². The summed E-state index contributed by atoms with van der Waals surface area (Å²) in [7, 11) is 1.29. The molecule has 1 N–H and O–H groups in total. The summed E-state index contributed by atoms with van der Waals surface area (Å²) in [6, 6.07) is 19.5. The van der Waals surface area contributed by atoms with Gasteiger partial charge in [-0.25, -0.2) is 9.78 Å². The number of aryl methyl sites for hydroxylation is 1. The third-order valence-electron chi connectivity index (χ3n) is 5.50. The molecule has 0 unspecified atom stereocenters. The first-order valence-electron chi connectivity index (χ1n) is 10.6. The average molecular weight is 474 g/mol. The highest BCUT2D eigenvalue weighted by molar-refractivity contribution is 7.99. The van der Waals surface area contributed by atoms with Crippen LogP contribution in [0, 0.1) is 13.8 Å². The summed E-state index contributed by atoms with van der Waals surface area (Å²) in [5, 5.41) is 3.67. The number of carbonyl (C=O) groups is 2. The Hall–Kier alpha value is -3.91. The molecule has 34 heavy (non-hydrogen) atoms. The predicted octanol–water partition coefficient (Wildman–Crippen LogP) is 4.52. The van der Waals surface area contributed by atoms with Gasteiger partial charge in [-0.2, -0.15) is 0 Å². The minimum Gasteiger partial charge on any atom is -0.465 e. The van der Waals surface area contributed by atoms with E-state index in [2.05, 4.69) is 5.32 Å². The van der Waals surface area contributed by atoms with Crippen LogP contribution in [0.5, 0.6) is 0 Å². The van der Waals surface area contributed by atoms with E-state index in [0.717, 1.165) is 28.6 Å². The third-order valence-corrected chi connectivity index (χ3v) is 6.44. The number of carbonyl (C=O) groups excluding carboxylic acids is 2. The summed E-state index contributed by atoms with van der Waals surface area (Å²) in [6.45, 7) is 3.94. The first kappa shape index (κ1) is 23.3. The quantitative estimate of drug-likeness (QED) is 0.252. The molecule has 4 aromatic rings. The van der Waals surface area contributed by atoms with Gasteiger partial charge >= 0.3 is 5.97 Å². The number of benzene rings is 3. The number of methoxy groups -OCH3 is 1. The van der Waals surface area contributed by atoms with E-state index in [1.54, 1.807) is 47.0 Å². The van der Waals surface area contributed by atoms with Crippen LogP contribution in [0.4, 0.5) is 5.69 Å². The van der Waals surface area contributed by atoms with Crippen LogP contribution in [0.3, 0.4) is 0 Å². The lowest BCUT2D eigenvalue weighted by atomic mass is 10.1. The molecule has 0 bridgehead atoms. The number of rotatable bonds is 6. The van der Waals surface area contributed by atoms with Crippen molar-refractivity contribution in [3.63, 3.8) is 0 Å². The Morgan fingerprint density at radius 1 is 1.00 bits per heavy atom. The molecule has 0 atom stereocenters. The summed E-state index contributed by atoms with van der Waals surface area (Å²) in [6.07, 6.45) is 0. The SMILES string of the molecule is COC(=O)c1ccccc1NC(=O)CSc1nc2ccccc2c(=O)n1-c1cccc(C)c1C. The van der Waals surface area contributed by atoms with Gasteiger partial charge in [-0.05, 0) is 55.3 Å². The zero-order valence-electron chi connectivity index (χ0n) is 19.0. The van der Waals surface area contributed by atoms with Crippen molar-refractivity contribution in [2.75, 3.05) is 18.2 Å². The molecular weight excluding hydrogens is 450 g/mol. The monoisotopic (exact) mass is 473 g/mol. The molecule has 1 heterocycles. The lowest BCUT2D eigenvalue weighted by Crippen LogP contribution is -2.24. The number of anilines is 1. The van der Waals surface area contributed by atoms with Gasteiger partial charge in [0.1, 0.15) is 0 Å². The van der Waals surface area contributed by atoms with E-state index in [0.29, 0.717) is 21.7 Å². The summed E-state index contributed by atoms with van der Waals surface area (Å²) >= 11 is 1.16. The largest absolute Gasteiger partial charge is 0.465 e. The third kappa shape index (κ3) is 4.58. The van der Waals surface area contributed by atoms with E-state index in [1.165, 1.54) is 7.11 Å². The molecule has 0 aliphatic heterocycles. The van der Waals surface area contributed by atoms with Crippen molar-refractivity contribution >= 4 is 40.2 Å². The molecule has 0 aliphatic rings. The van der Waals surface area contributed by atoms with E-state index < -0.39 is 5.97 Å². The fourth-order valence-corrected chi connectivity index (χ4v) is 4.40. The second-order valence-electron chi connectivity index (χ2n) is 7.65. The molecule has 4 rings (SSSR count). The summed E-state index contributed by atoms with van der Waals surface area (Å²) in [5.41, 5.74) is 3.72.